The van der Waals surface area contributed by atoms with E-state index >= 15 is 0 Å². The number of nitrogens with zero attached hydrogens (tertiary/aromatic N) is 1. The highest BCUT2D eigenvalue weighted by atomic mass is 32.2. The number of anilines is 1. The molecule has 0 aliphatic rings. The molecular formula is C24H26N2O5S. The summed E-state index contributed by atoms with van der Waals surface area (Å²) in [7, 11) is 1.04. The van der Waals surface area contributed by atoms with E-state index in [2.05, 4.69) is 4.72 Å². The van der Waals surface area contributed by atoms with Crippen molar-refractivity contribution < 1.29 is 22.7 Å². The van der Waals surface area contributed by atoms with Crippen LogP contribution in [0.1, 0.15) is 28.9 Å². The molecule has 0 fully saturated rings. The van der Waals surface area contributed by atoms with Gasteiger partial charge in [-0.3, -0.25) is 9.52 Å². The van der Waals surface area contributed by atoms with Gasteiger partial charge in [-0.05, 0) is 61.5 Å². The van der Waals surface area contributed by atoms with Crippen molar-refractivity contribution in [2.75, 3.05) is 26.0 Å². The summed E-state index contributed by atoms with van der Waals surface area (Å²) in [6, 6.07) is 19.7. The molecule has 1 unspecified atom stereocenters. The van der Waals surface area contributed by atoms with E-state index in [0.717, 1.165) is 5.56 Å². The van der Waals surface area contributed by atoms with Crippen LogP contribution in [0.5, 0.6) is 11.5 Å². The third-order valence-electron chi connectivity index (χ3n) is 5.24. The monoisotopic (exact) mass is 454 g/mol. The smallest absolute Gasteiger partial charge is 0.261 e. The molecule has 1 amide bonds. The van der Waals surface area contributed by atoms with Crippen molar-refractivity contribution in [1.29, 1.82) is 0 Å². The number of carbonyl (C=O) groups is 1. The maximum atomic E-state index is 13.0. The van der Waals surface area contributed by atoms with Gasteiger partial charge in [0.25, 0.3) is 15.9 Å². The molecule has 7 nitrogen and oxygen atoms in total. The predicted molar refractivity (Wildman–Crippen MR) is 124 cm³/mol. The van der Waals surface area contributed by atoms with Gasteiger partial charge in [-0.15, -0.1) is 0 Å². The van der Waals surface area contributed by atoms with Crippen molar-refractivity contribution in [3.63, 3.8) is 0 Å². The summed E-state index contributed by atoms with van der Waals surface area (Å²) in [5.74, 6) is 1.10. The van der Waals surface area contributed by atoms with Crippen molar-refractivity contribution in [1.82, 2.24) is 4.90 Å². The third-order valence-corrected chi connectivity index (χ3v) is 6.64. The maximum Gasteiger partial charge on any atom is 0.261 e. The first-order valence-electron chi connectivity index (χ1n) is 9.94. The Bertz CT molecular complexity index is 1180. The molecule has 1 N–H and O–H groups in total. The van der Waals surface area contributed by atoms with Gasteiger partial charge in [-0.25, -0.2) is 8.42 Å². The van der Waals surface area contributed by atoms with Crippen LogP contribution in [-0.2, 0) is 10.0 Å². The Hall–Kier alpha value is -3.52. The van der Waals surface area contributed by atoms with Gasteiger partial charge in [0.05, 0.1) is 25.2 Å². The average Bonchev–Trinajstić information content (AvgIpc) is 2.83. The Morgan fingerprint density at radius 2 is 1.53 bits per heavy atom. The first kappa shape index (κ1) is 23.1. The molecule has 0 radical (unpaired) electrons. The van der Waals surface area contributed by atoms with Gasteiger partial charge >= 0.3 is 0 Å². The number of para-hydroxylation sites is 1. The normalized spacial score (nSPS) is 12.0. The van der Waals surface area contributed by atoms with Crippen molar-refractivity contribution in [3.05, 3.63) is 83.9 Å². The van der Waals surface area contributed by atoms with Crippen LogP contribution < -0.4 is 14.2 Å². The molecule has 0 bridgehead atoms. The van der Waals surface area contributed by atoms with Gasteiger partial charge in [0.15, 0.2) is 0 Å². The number of rotatable bonds is 8. The van der Waals surface area contributed by atoms with Crippen LogP contribution in [0, 0.1) is 0 Å². The van der Waals surface area contributed by atoms with E-state index in [1.165, 1.54) is 31.4 Å². The van der Waals surface area contributed by atoms with Gasteiger partial charge < -0.3 is 14.4 Å². The van der Waals surface area contributed by atoms with Crippen molar-refractivity contribution in [2.24, 2.45) is 0 Å². The highest BCUT2D eigenvalue weighted by Gasteiger charge is 2.22. The van der Waals surface area contributed by atoms with E-state index in [-0.39, 0.29) is 16.8 Å². The van der Waals surface area contributed by atoms with Crippen molar-refractivity contribution in [2.45, 2.75) is 17.9 Å². The minimum Gasteiger partial charge on any atom is -0.497 e. The summed E-state index contributed by atoms with van der Waals surface area (Å²) in [5, 5.41) is 0. The molecule has 0 saturated heterocycles. The molecule has 168 valence electrons. The van der Waals surface area contributed by atoms with Crippen LogP contribution in [0.2, 0.25) is 0 Å². The Kier molecular flexibility index (Phi) is 7.05. The fourth-order valence-electron chi connectivity index (χ4n) is 3.25. The Morgan fingerprint density at radius 1 is 0.906 bits per heavy atom. The van der Waals surface area contributed by atoms with E-state index in [4.69, 9.17) is 9.47 Å². The van der Waals surface area contributed by atoms with E-state index in [1.807, 2.05) is 31.2 Å². The summed E-state index contributed by atoms with van der Waals surface area (Å²) in [4.78, 5) is 14.6. The number of hydrogen-bond donors (Lipinski definition) is 1. The highest BCUT2D eigenvalue weighted by Crippen LogP contribution is 2.29. The van der Waals surface area contributed by atoms with Gasteiger partial charge in [0, 0.05) is 23.9 Å². The second kappa shape index (κ2) is 9.74. The van der Waals surface area contributed by atoms with E-state index in [0.29, 0.717) is 22.7 Å². The number of nitrogens with one attached hydrogen (secondary N) is 1. The van der Waals surface area contributed by atoms with Gasteiger partial charge in [0.1, 0.15) is 11.5 Å². The summed E-state index contributed by atoms with van der Waals surface area (Å²) in [5.41, 5.74) is 1.68. The molecule has 0 heterocycles. The first-order valence-corrected chi connectivity index (χ1v) is 11.4. The second-order valence-corrected chi connectivity index (χ2v) is 8.87. The number of hydrogen-bond acceptors (Lipinski definition) is 5. The van der Waals surface area contributed by atoms with E-state index in [1.54, 1.807) is 43.3 Å². The van der Waals surface area contributed by atoms with Gasteiger partial charge in [-0.2, -0.15) is 0 Å². The van der Waals surface area contributed by atoms with Crippen molar-refractivity contribution in [3.8, 4) is 11.5 Å². The Labute approximate surface area is 188 Å². The SMILES string of the molecule is COc1ccc(NS(=O)(=O)c2ccc(C(=O)N(C)C(C)c3ccccc3OC)cc2)cc1. The number of amides is 1. The zero-order valence-electron chi connectivity index (χ0n) is 18.4. The fourth-order valence-corrected chi connectivity index (χ4v) is 4.31. The molecule has 0 saturated carbocycles. The molecule has 1 atom stereocenters. The molecule has 3 aromatic rings. The third kappa shape index (κ3) is 5.03. The van der Waals surface area contributed by atoms with Crippen LogP contribution in [-0.4, -0.2) is 40.5 Å². The Morgan fingerprint density at radius 3 is 2.12 bits per heavy atom. The molecule has 0 aliphatic heterocycles. The topological polar surface area (TPSA) is 84.9 Å². The summed E-state index contributed by atoms with van der Waals surface area (Å²) in [6.07, 6.45) is 0. The number of benzene rings is 3. The van der Waals surface area contributed by atoms with Crippen LogP contribution in [0.3, 0.4) is 0 Å². The van der Waals surface area contributed by atoms with Gasteiger partial charge in [-0.1, -0.05) is 18.2 Å². The summed E-state index contributed by atoms with van der Waals surface area (Å²) >= 11 is 0. The lowest BCUT2D eigenvalue weighted by atomic mass is 10.0. The van der Waals surface area contributed by atoms with Crippen LogP contribution in [0.25, 0.3) is 0 Å². The molecular weight excluding hydrogens is 428 g/mol. The van der Waals surface area contributed by atoms with E-state index in [9.17, 15) is 13.2 Å². The second-order valence-electron chi connectivity index (χ2n) is 7.19. The molecule has 32 heavy (non-hydrogen) atoms. The standard InChI is InChI=1S/C24H26N2O5S/c1-17(22-7-5-6-8-23(22)31-4)26(2)24(27)18-9-15-21(16-10-18)32(28,29)25-19-11-13-20(30-3)14-12-19/h5-17,25H,1-4H3. The number of methoxy groups -OCH3 is 2. The lowest BCUT2D eigenvalue weighted by Crippen LogP contribution is -2.30. The minimum absolute atomic E-state index is 0.0605. The van der Waals surface area contributed by atoms with Crippen LogP contribution >= 0.6 is 0 Å². The number of carbonyl (C=O) groups excluding carboxylic acids is 1. The van der Waals surface area contributed by atoms with E-state index < -0.39 is 10.0 Å². The number of ether oxygens (including phenoxy) is 2. The average molecular weight is 455 g/mol. The van der Waals surface area contributed by atoms with Gasteiger partial charge in [0.2, 0.25) is 0 Å². The van der Waals surface area contributed by atoms with Crippen molar-refractivity contribution >= 4 is 21.6 Å². The largest absolute Gasteiger partial charge is 0.497 e. The summed E-state index contributed by atoms with van der Waals surface area (Å²) < 4.78 is 38.4. The Balaban J connectivity index is 1.75. The molecule has 0 aromatic heterocycles. The first-order chi connectivity index (χ1) is 15.3. The van der Waals surface area contributed by atoms with Crippen LogP contribution in [0.15, 0.2) is 77.7 Å². The summed E-state index contributed by atoms with van der Waals surface area (Å²) in [6.45, 7) is 1.91. The maximum absolute atomic E-state index is 13.0. The molecule has 8 heteroatoms. The highest BCUT2D eigenvalue weighted by molar-refractivity contribution is 7.92. The molecule has 0 aliphatic carbocycles. The fraction of sp³-hybridized carbons (Fsp3) is 0.208. The molecule has 0 spiro atoms. The lowest BCUT2D eigenvalue weighted by molar-refractivity contribution is 0.0741. The predicted octanol–water partition coefficient (Wildman–Crippen LogP) is 4.34. The zero-order chi connectivity index (χ0) is 23.3. The quantitative estimate of drug-likeness (QED) is 0.547. The minimum atomic E-state index is -3.80. The zero-order valence-corrected chi connectivity index (χ0v) is 19.2. The molecule has 3 aromatic carbocycles. The number of sulfonamides is 1. The molecule has 3 rings (SSSR count). The lowest BCUT2D eigenvalue weighted by Gasteiger charge is -2.26. The van der Waals surface area contributed by atoms with Crippen LogP contribution in [0.4, 0.5) is 5.69 Å².